The number of rotatable bonds is 5. The Morgan fingerprint density at radius 2 is 2.00 bits per heavy atom. The molecule has 0 aromatic carbocycles. The fourth-order valence-electron chi connectivity index (χ4n) is 1.86. The average Bonchev–Trinajstić information content (AvgIpc) is 2.91. The van der Waals surface area contributed by atoms with Gasteiger partial charge in [0.1, 0.15) is 4.60 Å². The molecular formula is C12H14Br3N5O. The maximum Gasteiger partial charge on any atom is 0.273 e. The van der Waals surface area contributed by atoms with Gasteiger partial charge in [-0.15, -0.1) is 0 Å². The molecule has 1 amide bonds. The largest absolute Gasteiger partial charge is 0.351 e. The number of aromatic amines is 1. The summed E-state index contributed by atoms with van der Waals surface area (Å²) in [4.78, 5) is 11.9. The van der Waals surface area contributed by atoms with Crippen molar-refractivity contribution in [1.29, 1.82) is 0 Å². The third-order valence-corrected chi connectivity index (χ3v) is 6.03. The van der Waals surface area contributed by atoms with Gasteiger partial charge in [-0.3, -0.25) is 14.6 Å². The standard InChI is InChI=1S/C12H14Br3N5O/c1-6-8(13)7(2)20(19-6)5-3-4-16-12(21)10-9(14)11(15)18-17-10/h3-5H2,1-2H3,(H,16,21)(H,17,18). The van der Waals surface area contributed by atoms with Crippen LogP contribution in [-0.2, 0) is 6.54 Å². The fraction of sp³-hybridized carbons (Fsp3) is 0.417. The van der Waals surface area contributed by atoms with Gasteiger partial charge in [0.25, 0.3) is 5.91 Å². The molecule has 0 atom stereocenters. The number of amides is 1. The lowest BCUT2D eigenvalue weighted by molar-refractivity contribution is 0.0947. The number of carbonyl (C=O) groups excluding carboxylic acids is 1. The lowest BCUT2D eigenvalue weighted by atomic mass is 10.3. The van der Waals surface area contributed by atoms with E-state index in [1.165, 1.54) is 0 Å². The molecule has 21 heavy (non-hydrogen) atoms. The first-order valence-electron chi connectivity index (χ1n) is 6.29. The molecule has 0 fully saturated rings. The highest BCUT2D eigenvalue weighted by Gasteiger charge is 2.16. The van der Waals surface area contributed by atoms with E-state index in [4.69, 9.17) is 0 Å². The van der Waals surface area contributed by atoms with Crippen LogP contribution in [-0.4, -0.2) is 32.4 Å². The minimum atomic E-state index is -0.210. The SMILES string of the molecule is Cc1nn(CCCNC(=O)c2n[nH]c(Br)c2Br)c(C)c1Br. The van der Waals surface area contributed by atoms with Crippen molar-refractivity contribution >= 4 is 53.7 Å². The average molecular weight is 484 g/mol. The number of aromatic nitrogens is 4. The smallest absolute Gasteiger partial charge is 0.273 e. The second kappa shape index (κ2) is 7.06. The van der Waals surface area contributed by atoms with Gasteiger partial charge in [0.15, 0.2) is 5.69 Å². The predicted octanol–water partition coefficient (Wildman–Crippen LogP) is 3.33. The highest BCUT2D eigenvalue weighted by molar-refractivity contribution is 9.13. The monoisotopic (exact) mass is 481 g/mol. The lowest BCUT2D eigenvalue weighted by Gasteiger charge is -2.06. The Balaban J connectivity index is 1.83. The topological polar surface area (TPSA) is 75.6 Å². The van der Waals surface area contributed by atoms with Crippen molar-refractivity contribution in [3.63, 3.8) is 0 Å². The molecular weight excluding hydrogens is 470 g/mol. The van der Waals surface area contributed by atoms with Crippen LogP contribution in [0.3, 0.4) is 0 Å². The Hall–Kier alpha value is -0.670. The van der Waals surface area contributed by atoms with E-state index in [1.54, 1.807) is 0 Å². The number of hydrogen-bond donors (Lipinski definition) is 2. The molecule has 0 aliphatic carbocycles. The maximum atomic E-state index is 11.9. The zero-order chi connectivity index (χ0) is 15.6. The van der Waals surface area contributed by atoms with Gasteiger partial charge in [0.05, 0.1) is 14.6 Å². The van der Waals surface area contributed by atoms with Crippen molar-refractivity contribution in [3.8, 4) is 0 Å². The van der Waals surface area contributed by atoms with E-state index in [1.807, 2.05) is 18.5 Å². The lowest BCUT2D eigenvalue weighted by Crippen LogP contribution is -2.26. The number of hydrogen-bond acceptors (Lipinski definition) is 3. The first-order chi connectivity index (χ1) is 9.91. The summed E-state index contributed by atoms with van der Waals surface area (Å²) < 4.78 is 4.26. The van der Waals surface area contributed by atoms with E-state index >= 15 is 0 Å². The molecule has 0 saturated heterocycles. The van der Waals surface area contributed by atoms with Gasteiger partial charge in [-0.25, -0.2) is 0 Å². The quantitative estimate of drug-likeness (QED) is 0.640. The van der Waals surface area contributed by atoms with Crippen LogP contribution < -0.4 is 5.32 Å². The van der Waals surface area contributed by atoms with Gasteiger partial charge in [0.2, 0.25) is 0 Å². The Bertz CT molecular complexity index is 664. The predicted molar refractivity (Wildman–Crippen MR) is 90.3 cm³/mol. The van der Waals surface area contributed by atoms with Crippen LogP contribution in [0.15, 0.2) is 13.5 Å². The molecule has 0 radical (unpaired) electrons. The molecule has 9 heteroatoms. The zero-order valence-electron chi connectivity index (χ0n) is 11.5. The molecule has 2 aromatic heterocycles. The van der Waals surface area contributed by atoms with Crippen LogP contribution in [0.5, 0.6) is 0 Å². The highest BCUT2D eigenvalue weighted by Crippen LogP contribution is 2.23. The summed E-state index contributed by atoms with van der Waals surface area (Å²) in [6.45, 7) is 5.29. The number of carbonyl (C=O) groups is 1. The molecule has 114 valence electrons. The normalized spacial score (nSPS) is 10.9. The van der Waals surface area contributed by atoms with Gasteiger partial charge in [0, 0.05) is 18.8 Å². The summed E-state index contributed by atoms with van der Waals surface area (Å²) in [6, 6.07) is 0. The van der Waals surface area contributed by atoms with Crippen LogP contribution in [0.4, 0.5) is 0 Å². The zero-order valence-corrected chi connectivity index (χ0v) is 16.3. The van der Waals surface area contributed by atoms with Crippen molar-refractivity contribution in [1.82, 2.24) is 25.3 Å². The van der Waals surface area contributed by atoms with Crippen molar-refractivity contribution in [2.24, 2.45) is 0 Å². The molecule has 0 unspecified atom stereocenters. The molecule has 0 spiro atoms. The Labute approximate surface area is 147 Å². The number of H-pyrrole nitrogens is 1. The molecule has 2 heterocycles. The number of nitrogens with one attached hydrogen (secondary N) is 2. The van der Waals surface area contributed by atoms with E-state index in [2.05, 4.69) is 68.4 Å². The molecule has 6 nitrogen and oxygen atoms in total. The first-order valence-corrected chi connectivity index (χ1v) is 8.66. The maximum absolute atomic E-state index is 11.9. The summed E-state index contributed by atoms with van der Waals surface area (Å²) in [6.07, 6.45) is 0.795. The van der Waals surface area contributed by atoms with Crippen molar-refractivity contribution in [2.75, 3.05) is 6.54 Å². The highest BCUT2D eigenvalue weighted by atomic mass is 79.9. The summed E-state index contributed by atoms with van der Waals surface area (Å²) in [5.41, 5.74) is 2.41. The van der Waals surface area contributed by atoms with Crippen LogP contribution >= 0.6 is 47.8 Å². The molecule has 0 aliphatic rings. The van der Waals surface area contributed by atoms with Gasteiger partial charge in [-0.2, -0.15) is 10.2 Å². The summed E-state index contributed by atoms with van der Waals surface area (Å²) >= 11 is 10.0. The van der Waals surface area contributed by atoms with E-state index < -0.39 is 0 Å². The number of aryl methyl sites for hydroxylation is 2. The van der Waals surface area contributed by atoms with Crippen LogP contribution in [0.2, 0.25) is 0 Å². The molecule has 0 aliphatic heterocycles. The van der Waals surface area contributed by atoms with E-state index in [9.17, 15) is 4.79 Å². The first kappa shape index (κ1) is 16.7. The Morgan fingerprint density at radius 3 is 2.52 bits per heavy atom. The van der Waals surface area contributed by atoms with Crippen molar-refractivity contribution in [2.45, 2.75) is 26.8 Å². The summed E-state index contributed by atoms with van der Waals surface area (Å²) in [5, 5.41) is 13.9. The molecule has 2 aromatic rings. The van der Waals surface area contributed by atoms with Crippen LogP contribution in [0.1, 0.15) is 28.3 Å². The minimum absolute atomic E-state index is 0.210. The van der Waals surface area contributed by atoms with E-state index in [0.29, 0.717) is 21.3 Å². The van der Waals surface area contributed by atoms with Gasteiger partial charge in [-0.1, -0.05) is 0 Å². The van der Waals surface area contributed by atoms with Crippen molar-refractivity contribution < 1.29 is 4.79 Å². The Morgan fingerprint density at radius 1 is 1.29 bits per heavy atom. The van der Waals surface area contributed by atoms with Crippen LogP contribution in [0.25, 0.3) is 0 Å². The van der Waals surface area contributed by atoms with Crippen molar-refractivity contribution in [3.05, 3.63) is 30.6 Å². The molecule has 0 saturated carbocycles. The summed E-state index contributed by atoms with van der Waals surface area (Å²) in [5.74, 6) is -0.210. The number of halogens is 3. The van der Waals surface area contributed by atoms with E-state index in [0.717, 1.165) is 28.8 Å². The molecule has 2 N–H and O–H groups in total. The second-order valence-corrected chi connectivity index (χ2v) is 6.90. The van der Waals surface area contributed by atoms with E-state index in [-0.39, 0.29) is 5.91 Å². The van der Waals surface area contributed by atoms with Gasteiger partial charge < -0.3 is 5.32 Å². The van der Waals surface area contributed by atoms with Gasteiger partial charge >= 0.3 is 0 Å². The molecule has 0 bridgehead atoms. The molecule has 2 rings (SSSR count). The third kappa shape index (κ3) is 3.75. The van der Waals surface area contributed by atoms with Gasteiger partial charge in [-0.05, 0) is 68.1 Å². The fourth-order valence-corrected chi connectivity index (χ4v) is 2.78. The van der Waals surface area contributed by atoms with Crippen LogP contribution in [0, 0.1) is 13.8 Å². The second-order valence-electron chi connectivity index (χ2n) is 4.52. The number of nitrogens with zero attached hydrogens (tertiary/aromatic N) is 3. The minimum Gasteiger partial charge on any atom is -0.351 e. The Kier molecular flexibility index (Phi) is 5.61. The third-order valence-electron chi connectivity index (χ3n) is 3.01. The summed E-state index contributed by atoms with van der Waals surface area (Å²) in [7, 11) is 0.